The van der Waals surface area contributed by atoms with Crippen LogP contribution < -0.4 is 11.2 Å². The zero-order chi connectivity index (χ0) is 22.7. The predicted octanol–water partition coefficient (Wildman–Crippen LogP) is 4.65. The Balaban J connectivity index is 2.38. The Morgan fingerprint density at radius 3 is 1.73 bits per heavy atom. The van der Waals surface area contributed by atoms with E-state index in [-0.39, 0.29) is 5.56 Å². The number of carbonyl (C=O) groups is 2. The summed E-state index contributed by atoms with van der Waals surface area (Å²) in [7, 11) is 0. The fourth-order valence-corrected chi connectivity index (χ4v) is 2.92. The third kappa shape index (κ3) is 4.19. The summed E-state index contributed by atoms with van der Waals surface area (Å²) in [5, 5.41) is -0.902. The largest absolute Gasteiger partial charge is 0.422 e. The van der Waals surface area contributed by atoms with Crippen molar-refractivity contribution in [1.82, 2.24) is 10.4 Å². The van der Waals surface area contributed by atoms with E-state index in [4.69, 9.17) is 5.73 Å². The second kappa shape index (κ2) is 8.25. The summed E-state index contributed by atoms with van der Waals surface area (Å²) in [6, 6.07) is 12.1. The van der Waals surface area contributed by atoms with Gasteiger partial charge in [-0.05, 0) is 29.7 Å². The van der Waals surface area contributed by atoms with Crippen molar-refractivity contribution in [3.05, 3.63) is 60.2 Å². The molecule has 0 spiro atoms. The lowest BCUT2D eigenvalue weighted by Crippen LogP contribution is -2.73. The molecule has 0 aliphatic rings. The molecule has 2 aromatic carbocycles. The van der Waals surface area contributed by atoms with Gasteiger partial charge in [-0.1, -0.05) is 49.4 Å². The van der Waals surface area contributed by atoms with Gasteiger partial charge in [0.15, 0.2) is 0 Å². The van der Waals surface area contributed by atoms with E-state index in [2.05, 4.69) is 0 Å². The number of hydrogen-bond donors (Lipinski definition) is 2. The highest BCUT2D eigenvalue weighted by molar-refractivity contribution is 5.95. The van der Waals surface area contributed by atoms with Crippen LogP contribution in [0.3, 0.4) is 0 Å². The van der Waals surface area contributed by atoms with Gasteiger partial charge < -0.3 is 5.73 Å². The number of carbonyl (C=O) groups excluding carboxylic acids is 2. The molecule has 11 heteroatoms. The van der Waals surface area contributed by atoms with Crippen molar-refractivity contribution in [2.75, 3.05) is 0 Å². The van der Waals surface area contributed by atoms with Crippen LogP contribution in [0.25, 0.3) is 11.1 Å². The average molecular weight is 433 g/mol. The fourth-order valence-electron chi connectivity index (χ4n) is 2.92. The van der Waals surface area contributed by atoms with Gasteiger partial charge in [0.2, 0.25) is 0 Å². The minimum Gasteiger partial charge on any atom is -0.350 e. The Morgan fingerprint density at radius 2 is 1.33 bits per heavy atom. The summed E-state index contributed by atoms with van der Waals surface area (Å²) >= 11 is 0. The molecule has 30 heavy (non-hydrogen) atoms. The Labute approximate surface area is 167 Å². The maximum absolute atomic E-state index is 13.5. The first-order valence-electron chi connectivity index (χ1n) is 8.54. The number of nitrogens with zero attached hydrogens (tertiary/aromatic N) is 1. The van der Waals surface area contributed by atoms with E-state index in [1.54, 1.807) is 30.3 Å². The van der Waals surface area contributed by atoms with E-state index in [1.807, 2.05) is 0 Å². The molecule has 0 heterocycles. The summed E-state index contributed by atoms with van der Waals surface area (Å²) in [5.41, 5.74) is 2.65. The standard InChI is InChI=1S/C19H17F6N3O2/c1-2-17(18(20,21)22,19(23,24)25)28(16(26)30)27-15(29)14-10-8-13(9-11-14)12-6-4-3-5-7-12/h3-11H,2H2,1H3,(H2,26,30)(H,27,29). The molecule has 0 aliphatic carbocycles. The second-order valence-corrected chi connectivity index (χ2v) is 6.27. The average Bonchev–Trinajstić information content (AvgIpc) is 2.66. The molecule has 0 radical (unpaired) electrons. The van der Waals surface area contributed by atoms with Crippen LogP contribution in [0.5, 0.6) is 0 Å². The molecule has 0 fully saturated rings. The lowest BCUT2D eigenvalue weighted by Gasteiger charge is -2.43. The molecule has 0 bridgehead atoms. The summed E-state index contributed by atoms with van der Waals surface area (Å²) in [6.07, 6.45) is -13.5. The van der Waals surface area contributed by atoms with Gasteiger partial charge in [-0.25, -0.2) is 9.80 Å². The van der Waals surface area contributed by atoms with Crippen LogP contribution in [0.4, 0.5) is 31.1 Å². The molecule has 3 amide bonds. The number of alkyl halides is 6. The third-order valence-corrected chi connectivity index (χ3v) is 4.52. The van der Waals surface area contributed by atoms with Crippen LogP contribution >= 0.6 is 0 Å². The highest BCUT2D eigenvalue weighted by Crippen LogP contribution is 2.48. The highest BCUT2D eigenvalue weighted by atomic mass is 19.4. The number of rotatable bonds is 4. The molecule has 5 nitrogen and oxygen atoms in total. The maximum Gasteiger partial charge on any atom is 0.422 e. The van der Waals surface area contributed by atoms with Crippen LogP contribution in [0, 0.1) is 0 Å². The van der Waals surface area contributed by atoms with Crippen molar-refractivity contribution in [2.45, 2.75) is 31.2 Å². The Hall–Kier alpha value is -3.24. The van der Waals surface area contributed by atoms with Crippen molar-refractivity contribution in [2.24, 2.45) is 5.73 Å². The first kappa shape index (κ1) is 23.0. The molecule has 2 rings (SSSR count). The van der Waals surface area contributed by atoms with Crippen LogP contribution in [0.2, 0.25) is 0 Å². The first-order chi connectivity index (χ1) is 13.8. The zero-order valence-corrected chi connectivity index (χ0v) is 15.5. The number of benzene rings is 2. The van der Waals surface area contributed by atoms with Gasteiger partial charge in [-0.2, -0.15) is 26.3 Å². The number of primary amides is 1. The Morgan fingerprint density at radius 1 is 0.867 bits per heavy atom. The molecule has 0 saturated carbocycles. The Kier molecular flexibility index (Phi) is 6.33. The summed E-state index contributed by atoms with van der Waals surface area (Å²) in [4.78, 5) is 23.9. The highest BCUT2D eigenvalue weighted by Gasteiger charge is 2.74. The van der Waals surface area contributed by atoms with Gasteiger partial charge in [0, 0.05) is 5.56 Å². The summed E-state index contributed by atoms with van der Waals surface area (Å²) in [5.74, 6) is -1.36. The topological polar surface area (TPSA) is 75.4 Å². The number of urea groups is 1. The number of hydrogen-bond acceptors (Lipinski definition) is 2. The van der Waals surface area contributed by atoms with Gasteiger partial charge in [0.25, 0.3) is 11.4 Å². The van der Waals surface area contributed by atoms with E-state index < -0.39 is 41.3 Å². The summed E-state index contributed by atoms with van der Waals surface area (Å²) in [6.45, 7) is 0.581. The van der Waals surface area contributed by atoms with Crippen LogP contribution in [-0.4, -0.2) is 34.8 Å². The fraction of sp³-hybridized carbons (Fsp3) is 0.263. The van der Waals surface area contributed by atoms with Gasteiger partial charge in [0.05, 0.1) is 0 Å². The first-order valence-corrected chi connectivity index (χ1v) is 8.54. The number of halogens is 6. The number of amides is 3. The second-order valence-electron chi connectivity index (χ2n) is 6.27. The van der Waals surface area contributed by atoms with Crippen LogP contribution in [0.15, 0.2) is 54.6 Å². The van der Waals surface area contributed by atoms with Crippen molar-refractivity contribution in [1.29, 1.82) is 0 Å². The van der Waals surface area contributed by atoms with Crippen molar-refractivity contribution < 1.29 is 35.9 Å². The smallest absolute Gasteiger partial charge is 0.350 e. The van der Waals surface area contributed by atoms with E-state index in [0.29, 0.717) is 12.5 Å². The van der Waals surface area contributed by atoms with Gasteiger partial charge >= 0.3 is 18.4 Å². The van der Waals surface area contributed by atoms with Gasteiger partial charge in [-0.15, -0.1) is 0 Å². The predicted molar refractivity (Wildman–Crippen MR) is 95.9 cm³/mol. The molecule has 0 aromatic heterocycles. The monoisotopic (exact) mass is 433 g/mol. The van der Waals surface area contributed by atoms with Crippen molar-refractivity contribution in [3.63, 3.8) is 0 Å². The summed E-state index contributed by atoms with van der Waals surface area (Å²) < 4.78 is 80.7. The molecular formula is C19H17F6N3O2. The van der Waals surface area contributed by atoms with Crippen LogP contribution in [0.1, 0.15) is 23.7 Å². The lowest BCUT2D eigenvalue weighted by atomic mass is 9.93. The Bertz CT molecular complexity index is 881. The molecule has 162 valence electrons. The van der Waals surface area contributed by atoms with Crippen molar-refractivity contribution in [3.8, 4) is 11.1 Å². The molecule has 0 unspecified atom stereocenters. The number of nitrogens with two attached hydrogens (primary N) is 1. The maximum atomic E-state index is 13.5. The quantitative estimate of drug-likeness (QED) is 0.544. The van der Waals surface area contributed by atoms with E-state index in [1.165, 1.54) is 29.7 Å². The molecule has 0 saturated heterocycles. The number of hydrazine groups is 1. The van der Waals surface area contributed by atoms with Crippen LogP contribution in [-0.2, 0) is 0 Å². The number of nitrogens with one attached hydrogen (secondary N) is 1. The molecule has 0 aliphatic heterocycles. The molecular weight excluding hydrogens is 416 g/mol. The minimum atomic E-state index is -5.96. The SMILES string of the molecule is CCC(N(NC(=O)c1ccc(-c2ccccc2)cc1)C(N)=O)(C(F)(F)F)C(F)(F)F. The van der Waals surface area contributed by atoms with E-state index in [9.17, 15) is 35.9 Å². The van der Waals surface area contributed by atoms with Crippen molar-refractivity contribution >= 4 is 11.9 Å². The lowest BCUT2D eigenvalue weighted by molar-refractivity contribution is -0.337. The zero-order valence-electron chi connectivity index (χ0n) is 15.5. The van der Waals surface area contributed by atoms with E-state index >= 15 is 0 Å². The van der Waals surface area contributed by atoms with Gasteiger partial charge in [0.1, 0.15) is 0 Å². The molecule has 2 aromatic rings. The van der Waals surface area contributed by atoms with E-state index in [0.717, 1.165) is 5.56 Å². The van der Waals surface area contributed by atoms with Gasteiger partial charge in [-0.3, -0.25) is 10.2 Å². The normalized spacial score (nSPS) is 12.4. The third-order valence-electron chi connectivity index (χ3n) is 4.52. The molecule has 0 atom stereocenters. The minimum absolute atomic E-state index is 0.268. The molecule has 3 N–H and O–H groups in total.